The molecule has 3 heterocycles. The number of guanidine groups is 1. The van der Waals surface area contributed by atoms with Gasteiger partial charge in [-0.2, -0.15) is 0 Å². The summed E-state index contributed by atoms with van der Waals surface area (Å²) in [6, 6.07) is 10.1. The van der Waals surface area contributed by atoms with Gasteiger partial charge in [0.15, 0.2) is 5.96 Å². The highest BCUT2D eigenvalue weighted by Crippen LogP contribution is 2.14. The highest BCUT2D eigenvalue weighted by atomic mass is 127. The van der Waals surface area contributed by atoms with Gasteiger partial charge in [0.2, 0.25) is 0 Å². The summed E-state index contributed by atoms with van der Waals surface area (Å²) in [6.07, 6.45) is 3.74. The molecule has 0 spiro atoms. The molecule has 1 fully saturated rings. The zero-order chi connectivity index (χ0) is 18.9. The van der Waals surface area contributed by atoms with Crippen LogP contribution in [0.15, 0.2) is 47.7 Å². The van der Waals surface area contributed by atoms with Crippen LogP contribution in [-0.4, -0.2) is 60.6 Å². The lowest BCUT2D eigenvalue weighted by Gasteiger charge is -2.34. The lowest BCUT2D eigenvalue weighted by atomic mass is 10.2. The van der Waals surface area contributed by atoms with Gasteiger partial charge in [-0.1, -0.05) is 19.1 Å². The Morgan fingerprint density at radius 2 is 1.82 bits per heavy atom. The molecule has 2 aromatic heterocycles. The number of likely N-dealkylation sites (N-methyl/N-ethyl adjacent to an activating group) is 1. The van der Waals surface area contributed by atoms with Crippen LogP contribution in [0.4, 0.5) is 5.82 Å². The quantitative estimate of drug-likeness (QED) is 0.364. The maximum absolute atomic E-state index is 4.65. The molecule has 8 heteroatoms. The molecule has 0 bridgehead atoms. The highest BCUT2D eigenvalue weighted by Gasteiger charge is 2.16. The van der Waals surface area contributed by atoms with E-state index in [4.69, 9.17) is 0 Å². The van der Waals surface area contributed by atoms with Gasteiger partial charge in [-0.25, -0.2) is 4.98 Å². The molecule has 0 atom stereocenters. The minimum atomic E-state index is 0. The van der Waals surface area contributed by atoms with Gasteiger partial charge >= 0.3 is 0 Å². The average Bonchev–Trinajstić information content (AvgIpc) is 2.75. The Bertz CT molecular complexity index is 713. The number of nitrogens with zero attached hydrogens (tertiary/aromatic N) is 5. The Hall–Kier alpha value is -1.94. The second kappa shape index (κ2) is 11.8. The van der Waals surface area contributed by atoms with Gasteiger partial charge < -0.3 is 20.4 Å². The van der Waals surface area contributed by atoms with Gasteiger partial charge in [0.25, 0.3) is 0 Å². The van der Waals surface area contributed by atoms with Gasteiger partial charge in [-0.3, -0.25) is 9.98 Å². The SMILES string of the molecule is CCN1CCN(c2ccc(CNC(=NC)NCc3ccccn3)cn2)CC1.I. The predicted octanol–water partition coefficient (Wildman–Crippen LogP) is 2.10. The molecule has 152 valence electrons. The number of aromatic nitrogens is 2. The number of rotatable bonds is 6. The van der Waals surface area contributed by atoms with E-state index in [0.717, 1.165) is 55.8 Å². The fraction of sp³-hybridized carbons (Fsp3) is 0.450. The van der Waals surface area contributed by atoms with Gasteiger partial charge in [0.1, 0.15) is 5.82 Å². The largest absolute Gasteiger partial charge is 0.354 e. The van der Waals surface area contributed by atoms with E-state index >= 15 is 0 Å². The summed E-state index contributed by atoms with van der Waals surface area (Å²) in [7, 11) is 1.77. The summed E-state index contributed by atoms with van der Waals surface area (Å²) in [4.78, 5) is 18.0. The number of aliphatic imine (C=N–C) groups is 1. The summed E-state index contributed by atoms with van der Waals surface area (Å²) >= 11 is 0. The third-order valence-corrected chi connectivity index (χ3v) is 4.80. The van der Waals surface area contributed by atoms with E-state index in [1.807, 2.05) is 24.4 Å². The van der Waals surface area contributed by atoms with E-state index in [2.05, 4.69) is 54.5 Å². The number of hydrogen-bond donors (Lipinski definition) is 2. The van der Waals surface area contributed by atoms with Crippen molar-refractivity contribution in [3.63, 3.8) is 0 Å². The van der Waals surface area contributed by atoms with Crippen LogP contribution in [0, 0.1) is 0 Å². The normalized spacial score (nSPS) is 15.1. The van der Waals surface area contributed by atoms with E-state index in [9.17, 15) is 0 Å². The fourth-order valence-corrected chi connectivity index (χ4v) is 3.08. The van der Waals surface area contributed by atoms with Crippen LogP contribution in [0.1, 0.15) is 18.2 Å². The zero-order valence-corrected chi connectivity index (χ0v) is 19.0. The van der Waals surface area contributed by atoms with Gasteiger partial charge in [0.05, 0.1) is 12.2 Å². The van der Waals surface area contributed by atoms with Crippen molar-refractivity contribution < 1.29 is 0 Å². The first kappa shape index (κ1) is 22.4. The molecule has 0 radical (unpaired) electrons. The first-order valence-electron chi connectivity index (χ1n) is 9.55. The maximum atomic E-state index is 4.65. The fourth-order valence-electron chi connectivity index (χ4n) is 3.08. The predicted molar refractivity (Wildman–Crippen MR) is 125 cm³/mol. The minimum Gasteiger partial charge on any atom is -0.354 e. The summed E-state index contributed by atoms with van der Waals surface area (Å²) in [6.45, 7) is 8.97. The van der Waals surface area contributed by atoms with Gasteiger partial charge in [-0.15, -0.1) is 24.0 Å². The lowest BCUT2D eigenvalue weighted by molar-refractivity contribution is 0.270. The van der Waals surface area contributed by atoms with Crippen LogP contribution in [0.3, 0.4) is 0 Å². The zero-order valence-electron chi connectivity index (χ0n) is 16.6. The van der Waals surface area contributed by atoms with Crippen molar-refractivity contribution in [1.82, 2.24) is 25.5 Å². The molecule has 0 aromatic carbocycles. The molecule has 1 aliphatic heterocycles. The van der Waals surface area contributed by atoms with Gasteiger partial charge in [0, 0.05) is 52.2 Å². The molecular weight excluding hydrogens is 465 g/mol. The van der Waals surface area contributed by atoms with Crippen LogP contribution < -0.4 is 15.5 Å². The van der Waals surface area contributed by atoms with Crippen LogP contribution in [0.2, 0.25) is 0 Å². The molecule has 28 heavy (non-hydrogen) atoms. The monoisotopic (exact) mass is 495 g/mol. The molecular formula is C20H30IN7. The van der Waals surface area contributed by atoms with Crippen LogP contribution >= 0.6 is 24.0 Å². The Kier molecular flexibility index (Phi) is 9.42. The molecule has 0 unspecified atom stereocenters. The molecule has 2 N–H and O–H groups in total. The summed E-state index contributed by atoms with van der Waals surface area (Å²) in [5.74, 6) is 1.81. The van der Waals surface area contributed by atoms with Crippen molar-refractivity contribution in [2.75, 3.05) is 44.7 Å². The van der Waals surface area contributed by atoms with E-state index in [1.54, 1.807) is 13.2 Å². The summed E-state index contributed by atoms with van der Waals surface area (Å²) < 4.78 is 0. The molecule has 0 saturated carbocycles. The smallest absolute Gasteiger partial charge is 0.191 e. The van der Waals surface area contributed by atoms with E-state index < -0.39 is 0 Å². The average molecular weight is 495 g/mol. The lowest BCUT2D eigenvalue weighted by Crippen LogP contribution is -2.46. The summed E-state index contributed by atoms with van der Waals surface area (Å²) in [5, 5.41) is 6.59. The number of halogens is 1. The second-order valence-electron chi connectivity index (χ2n) is 6.55. The number of nitrogens with one attached hydrogen (secondary N) is 2. The van der Waals surface area contributed by atoms with E-state index in [0.29, 0.717) is 13.1 Å². The van der Waals surface area contributed by atoms with Crippen LogP contribution in [0.25, 0.3) is 0 Å². The van der Waals surface area contributed by atoms with E-state index in [1.165, 1.54) is 0 Å². The van der Waals surface area contributed by atoms with Gasteiger partial charge in [-0.05, 0) is 30.3 Å². The Labute approximate surface area is 184 Å². The maximum Gasteiger partial charge on any atom is 0.191 e. The molecule has 1 aliphatic rings. The Balaban J connectivity index is 0.00000280. The molecule has 1 saturated heterocycles. The standard InChI is InChI=1S/C20H29N7.HI/c1-3-26-10-12-27(13-11-26)19-8-7-17(14-23-19)15-24-20(21-2)25-16-18-6-4-5-9-22-18;/h4-9,14H,3,10-13,15-16H2,1-2H3,(H2,21,24,25);1H. The van der Waals surface area contributed by atoms with Crippen LogP contribution in [0.5, 0.6) is 0 Å². The highest BCUT2D eigenvalue weighted by molar-refractivity contribution is 14.0. The van der Waals surface area contributed by atoms with Crippen molar-refractivity contribution in [3.8, 4) is 0 Å². The minimum absolute atomic E-state index is 0. The molecule has 2 aromatic rings. The van der Waals surface area contributed by atoms with Crippen molar-refractivity contribution in [1.29, 1.82) is 0 Å². The number of anilines is 1. The summed E-state index contributed by atoms with van der Waals surface area (Å²) in [5.41, 5.74) is 2.11. The van der Waals surface area contributed by atoms with Crippen molar-refractivity contribution >= 4 is 35.8 Å². The molecule has 0 amide bonds. The van der Waals surface area contributed by atoms with Crippen molar-refractivity contribution in [2.45, 2.75) is 20.0 Å². The molecule has 3 rings (SSSR count). The van der Waals surface area contributed by atoms with Crippen molar-refractivity contribution in [2.24, 2.45) is 4.99 Å². The number of piperazine rings is 1. The first-order valence-corrected chi connectivity index (χ1v) is 9.55. The van der Waals surface area contributed by atoms with Crippen molar-refractivity contribution in [3.05, 3.63) is 54.0 Å². The van der Waals surface area contributed by atoms with Crippen LogP contribution in [-0.2, 0) is 13.1 Å². The Morgan fingerprint density at radius 1 is 1.04 bits per heavy atom. The topological polar surface area (TPSA) is 68.7 Å². The second-order valence-corrected chi connectivity index (χ2v) is 6.55. The third-order valence-electron chi connectivity index (χ3n) is 4.80. The molecule has 0 aliphatic carbocycles. The Morgan fingerprint density at radius 3 is 2.43 bits per heavy atom. The third kappa shape index (κ3) is 6.59. The van der Waals surface area contributed by atoms with E-state index in [-0.39, 0.29) is 24.0 Å². The molecule has 7 nitrogen and oxygen atoms in total. The first-order chi connectivity index (χ1) is 13.3. The number of pyridine rings is 2. The number of hydrogen-bond acceptors (Lipinski definition) is 5.